The number of nitrogens with zero attached hydrogens (tertiary/aromatic N) is 1. The Morgan fingerprint density at radius 3 is 1.97 bits per heavy atom. The Hall–Kier alpha value is -3.27. The number of ether oxygens (including phenoxy) is 2. The zero-order valence-electron chi connectivity index (χ0n) is 21.6. The first kappa shape index (κ1) is 30.0. The Morgan fingerprint density at radius 2 is 1.41 bits per heavy atom. The fraction of sp³-hybridized carbons (Fsp3) is 0.464. The molecule has 1 unspecified atom stereocenters. The van der Waals surface area contributed by atoms with E-state index in [-0.39, 0.29) is 37.8 Å². The first-order valence-electron chi connectivity index (χ1n) is 12.7. The number of aliphatic carboxylic acids is 1. The molecule has 2 aromatic carbocycles. The molecule has 2 amide bonds. The molecule has 2 rings (SSSR count). The molecule has 3 N–H and O–H groups in total. The molecule has 9 nitrogen and oxygen atoms in total. The maximum absolute atomic E-state index is 12.0. The average molecular weight is 514 g/mol. The van der Waals surface area contributed by atoms with Gasteiger partial charge in [0.25, 0.3) is 0 Å². The average Bonchev–Trinajstić information content (AvgIpc) is 2.89. The molecule has 0 heterocycles. The zero-order chi connectivity index (χ0) is 26.7. The fourth-order valence-electron chi connectivity index (χ4n) is 3.56. The standard InChI is InChI=1S/C28H39N3O6/c1-23(28(35)29-15-8-13-27(33)34)30-26(32)14-17-36-19-20-37-18-16-31(21-24-9-4-2-5-10-24)22-25-11-6-3-7-12-25/h2-7,9-12,23H,8,13-22H2,1H3,(H,29,35)(H,30,32)(H,33,34). The summed E-state index contributed by atoms with van der Waals surface area (Å²) in [5, 5.41) is 13.8. The number of amides is 2. The number of nitrogens with one attached hydrogen (secondary N) is 2. The highest BCUT2D eigenvalue weighted by Gasteiger charge is 2.15. The van der Waals surface area contributed by atoms with Crippen LogP contribution in [-0.2, 0) is 36.9 Å². The highest BCUT2D eigenvalue weighted by molar-refractivity contribution is 5.87. The summed E-state index contributed by atoms with van der Waals surface area (Å²) in [6.45, 7) is 5.91. The number of rotatable bonds is 19. The maximum atomic E-state index is 12.0. The van der Waals surface area contributed by atoms with Gasteiger partial charge in [-0.15, -0.1) is 0 Å². The summed E-state index contributed by atoms with van der Waals surface area (Å²) in [6, 6.07) is 20.0. The molecule has 202 valence electrons. The zero-order valence-corrected chi connectivity index (χ0v) is 21.6. The second-order valence-corrected chi connectivity index (χ2v) is 8.73. The number of hydrogen-bond acceptors (Lipinski definition) is 6. The van der Waals surface area contributed by atoms with Crippen molar-refractivity contribution < 1.29 is 29.0 Å². The van der Waals surface area contributed by atoms with E-state index in [4.69, 9.17) is 14.6 Å². The second-order valence-electron chi connectivity index (χ2n) is 8.73. The van der Waals surface area contributed by atoms with Gasteiger partial charge in [0, 0.05) is 39.0 Å². The molecule has 0 aliphatic rings. The second kappa shape index (κ2) is 18.0. The van der Waals surface area contributed by atoms with Crippen LogP contribution < -0.4 is 10.6 Å². The van der Waals surface area contributed by atoms with Crippen LogP contribution in [0.5, 0.6) is 0 Å². The minimum absolute atomic E-state index is 0.0122. The van der Waals surface area contributed by atoms with Gasteiger partial charge in [-0.05, 0) is 24.5 Å². The van der Waals surface area contributed by atoms with Crippen LogP contribution in [0.15, 0.2) is 60.7 Å². The van der Waals surface area contributed by atoms with E-state index in [9.17, 15) is 14.4 Å². The molecular weight excluding hydrogens is 474 g/mol. The first-order valence-corrected chi connectivity index (χ1v) is 12.7. The third kappa shape index (κ3) is 14.2. The Kier molecular flexibility index (Phi) is 14.6. The number of carboxylic acids is 1. The molecular formula is C28H39N3O6. The van der Waals surface area contributed by atoms with E-state index in [0.29, 0.717) is 26.2 Å². The molecule has 2 aromatic rings. The van der Waals surface area contributed by atoms with Gasteiger partial charge in [0.1, 0.15) is 6.04 Å². The normalized spacial score (nSPS) is 11.7. The number of hydrogen-bond donors (Lipinski definition) is 3. The lowest BCUT2D eigenvalue weighted by molar-refractivity contribution is -0.137. The molecule has 0 fully saturated rings. The van der Waals surface area contributed by atoms with Crippen LogP contribution in [0.3, 0.4) is 0 Å². The van der Waals surface area contributed by atoms with Crippen molar-refractivity contribution in [1.29, 1.82) is 0 Å². The molecule has 0 radical (unpaired) electrons. The van der Waals surface area contributed by atoms with Gasteiger partial charge < -0.3 is 25.2 Å². The van der Waals surface area contributed by atoms with Crippen molar-refractivity contribution in [3.63, 3.8) is 0 Å². The monoisotopic (exact) mass is 513 g/mol. The summed E-state index contributed by atoms with van der Waals surface area (Å²) < 4.78 is 11.2. The summed E-state index contributed by atoms with van der Waals surface area (Å²) in [6.07, 6.45) is 0.468. The lowest BCUT2D eigenvalue weighted by Gasteiger charge is -2.22. The van der Waals surface area contributed by atoms with E-state index in [2.05, 4.69) is 39.8 Å². The van der Waals surface area contributed by atoms with E-state index < -0.39 is 12.0 Å². The van der Waals surface area contributed by atoms with Gasteiger partial charge in [0.2, 0.25) is 11.8 Å². The van der Waals surface area contributed by atoms with Crippen molar-refractivity contribution in [2.24, 2.45) is 0 Å². The molecule has 0 aromatic heterocycles. The van der Waals surface area contributed by atoms with Crippen LogP contribution in [0.25, 0.3) is 0 Å². The van der Waals surface area contributed by atoms with E-state index in [0.717, 1.165) is 19.6 Å². The van der Waals surface area contributed by atoms with E-state index in [1.165, 1.54) is 11.1 Å². The smallest absolute Gasteiger partial charge is 0.303 e. The van der Waals surface area contributed by atoms with E-state index in [1.807, 2.05) is 36.4 Å². The number of benzene rings is 2. The van der Waals surface area contributed by atoms with Gasteiger partial charge in [-0.1, -0.05) is 60.7 Å². The Bertz CT molecular complexity index is 885. The van der Waals surface area contributed by atoms with Gasteiger partial charge in [0.15, 0.2) is 0 Å². The lowest BCUT2D eigenvalue weighted by Crippen LogP contribution is -2.45. The molecule has 0 saturated carbocycles. The SMILES string of the molecule is CC(NC(=O)CCOCCOCCN(Cc1ccccc1)Cc1ccccc1)C(=O)NCCCC(=O)O. The minimum Gasteiger partial charge on any atom is -0.481 e. The fourth-order valence-corrected chi connectivity index (χ4v) is 3.56. The molecule has 9 heteroatoms. The van der Waals surface area contributed by atoms with Crippen molar-refractivity contribution in [2.75, 3.05) is 39.5 Å². The molecule has 37 heavy (non-hydrogen) atoms. The highest BCUT2D eigenvalue weighted by atomic mass is 16.5. The number of carbonyl (C=O) groups excluding carboxylic acids is 2. The van der Waals surface area contributed by atoms with Gasteiger partial charge >= 0.3 is 5.97 Å². The van der Waals surface area contributed by atoms with Crippen molar-refractivity contribution in [3.05, 3.63) is 71.8 Å². The summed E-state index contributed by atoms with van der Waals surface area (Å²) in [7, 11) is 0. The predicted octanol–water partition coefficient (Wildman–Crippen LogP) is 2.60. The highest BCUT2D eigenvalue weighted by Crippen LogP contribution is 2.09. The number of carbonyl (C=O) groups is 3. The number of carboxylic acid groups (broad SMARTS) is 1. The van der Waals surface area contributed by atoms with Gasteiger partial charge in [-0.2, -0.15) is 0 Å². The largest absolute Gasteiger partial charge is 0.481 e. The van der Waals surface area contributed by atoms with Crippen molar-refractivity contribution >= 4 is 17.8 Å². The van der Waals surface area contributed by atoms with Crippen LogP contribution in [0, 0.1) is 0 Å². The van der Waals surface area contributed by atoms with Crippen LogP contribution in [0.2, 0.25) is 0 Å². The van der Waals surface area contributed by atoms with Crippen molar-refractivity contribution in [1.82, 2.24) is 15.5 Å². The van der Waals surface area contributed by atoms with Gasteiger partial charge in [-0.25, -0.2) is 0 Å². The van der Waals surface area contributed by atoms with Crippen LogP contribution in [-0.4, -0.2) is 73.3 Å². The lowest BCUT2D eigenvalue weighted by atomic mass is 10.1. The van der Waals surface area contributed by atoms with Crippen molar-refractivity contribution in [3.8, 4) is 0 Å². The van der Waals surface area contributed by atoms with Crippen LogP contribution in [0.1, 0.15) is 37.3 Å². The topological polar surface area (TPSA) is 117 Å². The molecule has 0 bridgehead atoms. The van der Waals surface area contributed by atoms with Crippen LogP contribution >= 0.6 is 0 Å². The predicted molar refractivity (Wildman–Crippen MR) is 141 cm³/mol. The first-order chi connectivity index (χ1) is 17.9. The maximum Gasteiger partial charge on any atom is 0.303 e. The van der Waals surface area contributed by atoms with Crippen molar-refractivity contribution in [2.45, 2.75) is 45.3 Å². The molecule has 0 aliphatic carbocycles. The third-order valence-electron chi connectivity index (χ3n) is 5.53. The third-order valence-corrected chi connectivity index (χ3v) is 5.53. The Balaban J connectivity index is 1.56. The minimum atomic E-state index is -0.908. The Labute approximate surface area is 219 Å². The molecule has 0 aliphatic heterocycles. The Morgan fingerprint density at radius 1 is 0.838 bits per heavy atom. The van der Waals surface area contributed by atoms with E-state index >= 15 is 0 Å². The van der Waals surface area contributed by atoms with Gasteiger partial charge in [0.05, 0.1) is 26.4 Å². The molecule has 0 saturated heterocycles. The van der Waals surface area contributed by atoms with Gasteiger partial charge in [-0.3, -0.25) is 19.3 Å². The summed E-state index contributed by atoms with van der Waals surface area (Å²) in [5.41, 5.74) is 2.51. The summed E-state index contributed by atoms with van der Waals surface area (Å²) in [4.78, 5) is 36.8. The van der Waals surface area contributed by atoms with E-state index in [1.54, 1.807) is 6.92 Å². The van der Waals surface area contributed by atoms with Crippen LogP contribution in [0.4, 0.5) is 0 Å². The summed E-state index contributed by atoms with van der Waals surface area (Å²) in [5.74, 6) is -1.54. The molecule has 0 spiro atoms. The molecule has 1 atom stereocenters. The summed E-state index contributed by atoms with van der Waals surface area (Å²) >= 11 is 0. The quantitative estimate of drug-likeness (QED) is 0.247.